The van der Waals surface area contributed by atoms with Crippen LogP contribution in [0.2, 0.25) is 0 Å². The van der Waals surface area contributed by atoms with Gasteiger partial charge in [0.05, 0.1) is 4.75 Å². The molecule has 0 atom stereocenters. The molecule has 5 nitrogen and oxygen atoms in total. The quantitative estimate of drug-likeness (QED) is 0.359. The lowest BCUT2D eigenvalue weighted by Crippen LogP contribution is -2.42. The molecule has 0 aromatic carbocycles. The standard InChI is InChI=1S/C20H43NO4S/c1-5-19(6-2,15-16-22)13-9-11-17-25-18-12-10-14-20(7-3,8-4)26(21,23)24/h22H,5-18H2,1-4H3,(H2,21,23,24). The Balaban J connectivity index is 3.95. The Morgan fingerprint density at radius 3 is 1.69 bits per heavy atom. The molecule has 0 fully saturated rings. The van der Waals surface area contributed by atoms with E-state index in [9.17, 15) is 13.5 Å². The second-order valence-corrected chi connectivity index (χ2v) is 9.60. The van der Waals surface area contributed by atoms with Gasteiger partial charge in [0.15, 0.2) is 0 Å². The van der Waals surface area contributed by atoms with Crippen molar-refractivity contribution in [3.05, 3.63) is 0 Å². The van der Waals surface area contributed by atoms with Gasteiger partial charge in [0.1, 0.15) is 0 Å². The minimum Gasteiger partial charge on any atom is -0.396 e. The fourth-order valence-electron chi connectivity index (χ4n) is 3.92. The first-order chi connectivity index (χ1) is 12.3. The summed E-state index contributed by atoms with van der Waals surface area (Å²) in [4.78, 5) is 0. The smallest absolute Gasteiger partial charge is 0.214 e. The molecule has 6 heteroatoms. The molecule has 0 bridgehead atoms. The van der Waals surface area contributed by atoms with E-state index in [0.717, 1.165) is 58.0 Å². The summed E-state index contributed by atoms with van der Waals surface area (Å²) in [5.41, 5.74) is 0.284. The van der Waals surface area contributed by atoms with E-state index in [0.29, 0.717) is 25.9 Å². The van der Waals surface area contributed by atoms with Gasteiger partial charge in [-0.3, -0.25) is 0 Å². The maximum atomic E-state index is 11.9. The number of nitrogens with two attached hydrogens (primary N) is 1. The zero-order valence-corrected chi connectivity index (χ0v) is 18.4. The summed E-state index contributed by atoms with van der Waals surface area (Å²) in [6.45, 7) is 9.92. The van der Waals surface area contributed by atoms with Crippen LogP contribution < -0.4 is 5.14 Å². The number of rotatable bonds is 17. The molecule has 0 saturated carbocycles. The van der Waals surface area contributed by atoms with Crippen LogP contribution >= 0.6 is 0 Å². The Bertz CT molecular complexity index is 443. The summed E-state index contributed by atoms with van der Waals surface area (Å²) in [7, 11) is -3.51. The van der Waals surface area contributed by atoms with Crippen LogP contribution in [0.4, 0.5) is 0 Å². The van der Waals surface area contributed by atoms with E-state index >= 15 is 0 Å². The summed E-state index contributed by atoms with van der Waals surface area (Å²) in [6, 6.07) is 0. The van der Waals surface area contributed by atoms with Crippen molar-refractivity contribution in [3.8, 4) is 0 Å². The highest BCUT2D eigenvalue weighted by atomic mass is 32.2. The van der Waals surface area contributed by atoms with E-state index in [1.54, 1.807) is 0 Å². The van der Waals surface area contributed by atoms with E-state index in [1.165, 1.54) is 0 Å². The molecule has 0 aliphatic carbocycles. The summed E-state index contributed by atoms with van der Waals surface area (Å²) in [6.07, 6.45) is 9.87. The van der Waals surface area contributed by atoms with Crippen molar-refractivity contribution in [1.29, 1.82) is 0 Å². The minimum absolute atomic E-state index is 0.272. The highest BCUT2D eigenvalue weighted by Gasteiger charge is 2.37. The number of hydrogen-bond donors (Lipinski definition) is 2. The third kappa shape index (κ3) is 8.24. The molecule has 0 aliphatic heterocycles. The van der Waals surface area contributed by atoms with Crippen LogP contribution in [-0.2, 0) is 14.8 Å². The minimum atomic E-state index is -3.51. The fourth-order valence-corrected chi connectivity index (χ4v) is 5.16. The van der Waals surface area contributed by atoms with Gasteiger partial charge in [-0.1, -0.05) is 47.0 Å². The number of hydrogen-bond acceptors (Lipinski definition) is 4. The van der Waals surface area contributed by atoms with E-state index < -0.39 is 14.8 Å². The zero-order chi connectivity index (χ0) is 20.1. The van der Waals surface area contributed by atoms with Crippen LogP contribution in [0.5, 0.6) is 0 Å². The van der Waals surface area contributed by atoms with Gasteiger partial charge in [0.2, 0.25) is 10.0 Å². The van der Waals surface area contributed by atoms with Crippen molar-refractivity contribution in [2.24, 2.45) is 10.6 Å². The van der Waals surface area contributed by atoms with Crippen LogP contribution in [0.25, 0.3) is 0 Å². The fraction of sp³-hybridized carbons (Fsp3) is 1.00. The van der Waals surface area contributed by atoms with Crippen molar-refractivity contribution < 1.29 is 18.3 Å². The van der Waals surface area contributed by atoms with Crippen molar-refractivity contribution in [3.63, 3.8) is 0 Å². The molecule has 0 amide bonds. The molecule has 0 heterocycles. The number of aliphatic hydroxyl groups excluding tert-OH is 1. The molecule has 3 N–H and O–H groups in total. The summed E-state index contributed by atoms with van der Waals surface area (Å²) in [5.74, 6) is 0. The zero-order valence-electron chi connectivity index (χ0n) is 17.6. The van der Waals surface area contributed by atoms with Crippen molar-refractivity contribution >= 4 is 10.0 Å². The Kier molecular flexibility index (Phi) is 13.0. The van der Waals surface area contributed by atoms with E-state index in [-0.39, 0.29) is 12.0 Å². The molecule has 0 aromatic heterocycles. The Morgan fingerprint density at radius 1 is 0.808 bits per heavy atom. The molecule has 0 spiro atoms. The van der Waals surface area contributed by atoms with Crippen molar-refractivity contribution in [2.75, 3.05) is 19.8 Å². The predicted octanol–water partition coefficient (Wildman–Crippen LogP) is 4.38. The van der Waals surface area contributed by atoms with Gasteiger partial charge < -0.3 is 9.84 Å². The lowest BCUT2D eigenvalue weighted by Gasteiger charge is -2.31. The van der Waals surface area contributed by atoms with Crippen LogP contribution in [0, 0.1) is 5.41 Å². The van der Waals surface area contributed by atoms with Crippen LogP contribution in [0.15, 0.2) is 0 Å². The van der Waals surface area contributed by atoms with Crippen LogP contribution in [0.3, 0.4) is 0 Å². The molecule has 0 aromatic rings. The lowest BCUT2D eigenvalue weighted by atomic mass is 9.75. The summed E-state index contributed by atoms with van der Waals surface area (Å²) >= 11 is 0. The highest BCUT2D eigenvalue weighted by Crippen LogP contribution is 2.36. The first-order valence-corrected chi connectivity index (χ1v) is 12.0. The van der Waals surface area contributed by atoms with E-state index in [4.69, 9.17) is 9.88 Å². The monoisotopic (exact) mass is 393 g/mol. The van der Waals surface area contributed by atoms with E-state index in [1.807, 2.05) is 13.8 Å². The normalized spacial score (nSPS) is 13.3. The number of aliphatic hydroxyl groups is 1. The first-order valence-electron chi connectivity index (χ1n) is 10.5. The lowest BCUT2D eigenvalue weighted by molar-refractivity contribution is 0.114. The molecule has 0 unspecified atom stereocenters. The second-order valence-electron chi connectivity index (χ2n) is 7.64. The molecule has 0 radical (unpaired) electrons. The number of ether oxygens (including phenoxy) is 1. The van der Waals surface area contributed by atoms with Gasteiger partial charge in [-0.25, -0.2) is 13.6 Å². The molecule has 158 valence electrons. The van der Waals surface area contributed by atoms with Gasteiger partial charge in [-0.15, -0.1) is 0 Å². The van der Waals surface area contributed by atoms with Crippen LogP contribution in [-0.4, -0.2) is 38.1 Å². The number of primary sulfonamides is 1. The summed E-state index contributed by atoms with van der Waals surface area (Å²) < 4.78 is 28.7. The van der Waals surface area contributed by atoms with Gasteiger partial charge >= 0.3 is 0 Å². The molecular formula is C20H43NO4S. The molecule has 0 aliphatic rings. The van der Waals surface area contributed by atoms with E-state index in [2.05, 4.69) is 13.8 Å². The Morgan fingerprint density at radius 2 is 1.31 bits per heavy atom. The maximum Gasteiger partial charge on any atom is 0.214 e. The third-order valence-electron chi connectivity index (χ3n) is 6.45. The average Bonchev–Trinajstić information content (AvgIpc) is 2.61. The van der Waals surface area contributed by atoms with Crippen LogP contribution in [0.1, 0.15) is 98.3 Å². The maximum absolute atomic E-state index is 11.9. The van der Waals surface area contributed by atoms with Crippen molar-refractivity contribution in [2.45, 2.75) is 103 Å². The SMILES string of the molecule is CCC(CC)(CCO)CCCCOCCCCC(CC)(CC)S(N)(=O)=O. The number of unbranched alkanes of at least 4 members (excludes halogenated alkanes) is 2. The van der Waals surface area contributed by atoms with Gasteiger partial charge in [0.25, 0.3) is 0 Å². The predicted molar refractivity (Wildman–Crippen MR) is 110 cm³/mol. The molecule has 0 rings (SSSR count). The highest BCUT2D eigenvalue weighted by molar-refractivity contribution is 7.90. The topological polar surface area (TPSA) is 89.6 Å². The molecular weight excluding hydrogens is 350 g/mol. The molecule has 0 saturated heterocycles. The van der Waals surface area contributed by atoms with Gasteiger partial charge in [0, 0.05) is 19.8 Å². The van der Waals surface area contributed by atoms with Crippen molar-refractivity contribution in [1.82, 2.24) is 0 Å². The molecule has 26 heavy (non-hydrogen) atoms. The average molecular weight is 394 g/mol. The van der Waals surface area contributed by atoms with Gasteiger partial charge in [-0.05, 0) is 56.8 Å². The third-order valence-corrected chi connectivity index (χ3v) is 8.44. The number of sulfonamides is 1. The Labute approximate surface area is 162 Å². The second kappa shape index (κ2) is 13.1. The largest absolute Gasteiger partial charge is 0.396 e. The summed E-state index contributed by atoms with van der Waals surface area (Å²) in [5, 5.41) is 14.7. The van der Waals surface area contributed by atoms with Gasteiger partial charge in [-0.2, -0.15) is 0 Å². The first kappa shape index (κ1) is 25.8. The Hall–Kier alpha value is -0.170.